The lowest BCUT2D eigenvalue weighted by Crippen LogP contribution is -2.03. The molecule has 0 fully saturated rings. The number of nitrogens with zero attached hydrogens (tertiary/aromatic N) is 4. The summed E-state index contributed by atoms with van der Waals surface area (Å²) in [5.41, 5.74) is 12.9. The average Bonchev–Trinajstić information content (AvgIpc) is 3.20. The molecule has 0 amide bonds. The number of aromatic nitrogens is 4. The smallest absolute Gasteiger partial charge is 0.165 e. The third-order valence-electron chi connectivity index (χ3n) is 6.36. The van der Waals surface area contributed by atoms with Gasteiger partial charge in [-0.2, -0.15) is 9.61 Å². The van der Waals surface area contributed by atoms with Gasteiger partial charge in [-0.15, -0.1) is 0 Å². The molecule has 0 aliphatic heterocycles. The Morgan fingerprint density at radius 2 is 1.48 bits per heavy atom. The van der Waals surface area contributed by atoms with Crippen LogP contribution >= 0.6 is 0 Å². The van der Waals surface area contributed by atoms with Gasteiger partial charge < -0.3 is 4.57 Å². The molecule has 2 aromatic carbocycles. The molecule has 156 valence electrons. The second-order valence-electron chi connectivity index (χ2n) is 8.76. The highest BCUT2D eigenvalue weighted by Gasteiger charge is 2.21. The third-order valence-corrected chi connectivity index (χ3v) is 6.36. The third kappa shape index (κ3) is 3.05. The van der Waals surface area contributed by atoms with E-state index in [-0.39, 0.29) is 0 Å². The van der Waals surface area contributed by atoms with Crippen LogP contribution in [0.25, 0.3) is 27.8 Å². The van der Waals surface area contributed by atoms with E-state index < -0.39 is 0 Å². The topological polar surface area (TPSA) is 35.1 Å². The van der Waals surface area contributed by atoms with Crippen molar-refractivity contribution in [3.63, 3.8) is 0 Å². The highest BCUT2D eigenvalue weighted by atomic mass is 15.3. The number of aryl methyl sites for hydroxylation is 6. The number of benzene rings is 2. The van der Waals surface area contributed by atoms with E-state index >= 15 is 0 Å². The van der Waals surface area contributed by atoms with Crippen LogP contribution in [0.3, 0.4) is 0 Å². The molecule has 0 aliphatic carbocycles. The van der Waals surface area contributed by atoms with Gasteiger partial charge in [-0.25, -0.2) is 4.98 Å². The summed E-state index contributed by atoms with van der Waals surface area (Å²) in [5, 5.41) is 6.14. The quantitative estimate of drug-likeness (QED) is 0.366. The Morgan fingerprint density at radius 1 is 0.806 bits per heavy atom. The summed E-state index contributed by atoms with van der Waals surface area (Å²) in [6.07, 6.45) is 0.885. The van der Waals surface area contributed by atoms with Crippen LogP contribution in [0.15, 0.2) is 48.5 Å². The number of hydrogen-bond donors (Lipinski definition) is 0. The summed E-state index contributed by atoms with van der Waals surface area (Å²) in [6.45, 7) is 10.7. The molecule has 5 aromatic rings. The first-order valence-electron chi connectivity index (χ1n) is 10.8. The molecule has 3 heterocycles. The predicted molar refractivity (Wildman–Crippen MR) is 128 cm³/mol. The van der Waals surface area contributed by atoms with Crippen molar-refractivity contribution in [3.05, 3.63) is 87.9 Å². The lowest BCUT2D eigenvalue weighted by atomic mass is 9.94. The molecule has 0 N–H and O–H groups in total. The number of rotatable bonds is 3. The molecule has 0 radical (unpaired) electrons. The van der Waals surface area contributed by atoms with Crippen molar-refractivity contribution in [1.29, 1.82) is 0 Å². The van der Waals surface area contributed by atoms with Gasteiger partial charge in [0.1, 0.15) is 5.65 Å². The summed E-state index contributed by atoms with van der Waals surface area (Å²) < 4.78 is 4.31. The van der Waals surface area contributed by atoms with Gasteiger partial charge in [0.15, 0.2) is 5.65 Å². The lowest BCUT2D eigenvalue weighted by Gasteiger charge is -2.11. The summed E-state index contributed by atoms with van der Waals surface area (Å²) >= 11 is 0. The fourth-order valence-corrected chi connectivity index (χ4v) is 4.99. The Labute approximate surface area is 183 Å². The minimum Gasteiger partial charge on any atom is -0.332 e. The first-order valence-corrected chi connectivity index (χ1v) is 10.8. The van der Waals surface area contributed by atoms with Crippen LogP contribution in [0.5, 0.6) is 0 Å². The molecule has 0 atom stereocenters. The van der Waals surface area contributed by atoms with Crippen LogP contribution in [-0.4, -0.2) is 19.2 Å². The van der Waals surface area contributed by atoms with Crippen molar-refractivity contribution in [1.82, 2.24) is 19.2 Å². The first-order chi connectivity index (χ1) is 14.8. The van der Waals surface area contributed by atoms with Crippen molar-refractivity contribution in [2.24, 2.45) is 7.05 Å². The molecule has 3 aromatic heterocycles. The first kappa shape index (κ1) is 19.6. The Balaban J connectivity index is 1.78. The zero-order valence-electron chi connectivity index (χ0n) is 19.1. The van der Waals surface area contributed by atoms with E-state index in [2.05, 4.69) is 94.8 Å². The van der Waals surface area contributed by atoms with E-state index in [4.69, 9.17) is 10.1 Å². The van der Waals surface area contributed by atoms with Crippen LogP contribution in [0.2, 0.25) is 0 Å². The summed E-state index contributed by atoms with van der Waals surface area (Å²) in [7, 11) is 2.14. The van der Waals surface area contributed by atoms with Crippen LogP contribution in [0.4, 0.5) is 0 Å². The van der Waals surface area contributed by atoms with Crippen LogP contribution < -0.4 is 0 Å². The van der Waals surface area contributed by atoms with Crippen LogP contribution in [0, 0.1) is 34.6 Å². The maximum absolute atomic E-state index is 5.05. The minimum atomic E-state index is 0.885. The van der Waals surface area contributed by atoms with Crippen molar-refractivity contribution in [2.75, 3.05) is 0 Å². The van der Waals surface area contributed by atoms with E-state index in [1.807, 2.05) is 4.52 Å². The molecule has 5 rings (SSSR count). The molecule has 0 unspecified atom stereocenters. The molecule has 31 heavy (non-hydrogen) atoms. The summed E-state index contributed by atoms with van der Waals surface area (Å²) in [6, 6.07) is 17.4. The molecule has 0 saturated carbocycles. The maximum atomic E-state index is 5.05. The molecule has 0 bridgehead atoms. The van der Waals surface area contributed by atoms with E-state index in [0.29, 0.717) is 0 Å². The van der Waals surface area contributed by atoms with Gasteiger partial charge in [0.25, 0.3) is 0 Å². The SMILES string of the molecule is Cc1cc(C)c(-c2c(C)nn3c2nc(C)c2cc(Cc4ccccc4)n(C)c23)c(C)c1. The molecule has 4 heteroatoms. The van der Waals surface area contributed by atoms with Gasteiger partial charge >= 0.3 is 0 Å². The summed E-state index contributed by atoms with van der Waals surface area (Å²) in [4.78, 5) is 5.05. The highest BCUT2D eigenvalue weighted by Crippen LogP contribution is 2.35. The highest BCUT2D eigenvalue weighted by molar-refractivity contribution is 5.90. The summed E-state index contributed by atoms with van der Waals surface area (Å²) in [5.74, 6) is 0. The zero-order valence-corrected chi connectivity index (χ0v) is 19.1. The predicted octanol–water partition coefficient (Wildman–Crippen LogP) is 6.02. The van der Waals surface area contributed by atoms with Gasteiger partial charge in [-0.05, 0) is 62.9 Å². The zero-order chi connectivity index (χ0) is 21.9. The number of hydrogen-bond acceptors (Lipinski definition) is 2. The van der Waals surface area contributed by atoms with Crippen LogP contribution in [-0.2, 0) is 13.5 Å². The second kappa shape index (κ2) is 7.09. The number of fused-ring (bicyclic) bond motifs is 3. The van der Waals surface area contributed by atoms with Crippen molar-refractivity contribution in [2.45, 2.75) is 41.0 Å². The Kier molecular flexibility index (Phi) is 4.47. The Hall–Kier alpha value is -3.40. The van der Waals surface area contributed by atoms with Crippen LogP contribution in [0.1, 0.15) is 39.3 Å². The fourth-order valence-electron chi connectivity index (χ4n) is 4.99. The van der Waals surface area contributed by atoms with E-state index in [9.17, 15) is 0 Å². The van der Waals surface area contributed by atoms with Gasteiger partial charge in [0.05, 0.1) is 17.0 Å². The van der Waals surface area contributed by atoms with Crippen molar-refractivity contribution >= 4 is 16.7 Å². The van der Waals surface area contributed by atoms with E-state index in [1.165, 1.54) is 33.5 Å². The van der Waals surface area contributed by atoms with Gasteiger partial charge in [-0.3, -0.25) is 0 Å². The molecule has 4 nitrogen and oxygen atoms in total. The Morgan fingerprint density at radius 3 is 2.16 bits per heavy atom. The molecular formula is C27H28N4. The fraction of sp³-hybridized carbons (Fsp3) is 0.259. The molecule has 0 saturated heterocycles. The average molecular weight is 409 g/mol. The van der Waals surface area contributed by atoms with Crippen molar-refractivity contribution < 1.29 is 0 Å². The largest absolute Gasteiger partial charge is 0.332 e. The van der Waals surface area contributed by atoms with Gasteiger partial charge in [0, 0.05) is 24.5 Å². The van der Waals surface area contributed by atoms with Gasteiger partial charge in [0.2, 0.25) is 0 Å². The van der Waals surface area contributed by atoms with Gasteiger partial charge in [-0.1, -0.05) is 48.0 Å². The Bertz CT molecular complexity index is 1430. The molecule has 0 aliphatic rings. The van der Waals surface area contributed by atoms with E-state index in [0.717, 1.165) is 40.1 Å². The minimum absolute atomic E-state index is 0.885. The molecule has 0 spiro atoms. The van der Waals surface area contributed by atoms with E-state index in [1.54, 1.807) is 0 Å². The molecular weight excluding hydrogens is 380 g/mol. The van der Waals surface area contributed by atoms with Crippen molar-refractivity contribution in [3.8, 4) is 11.1 Å². The second-order valence-corrected chi connectivity index (χ2v) is 8.76. The lowest BCUT2D eigenvalue weighted by molar-refractivity contribution is 0.828. The standard InChI is InChI=1S/C27H28N4/c1-16-12-17(2)24(18(3)13-16)25-20(5)29-31-26(25)28-19(4)23-15-22(30(6)27(23)31)14-21-10-8-7-9-11-21/h7-13,15H,14H2,1-6H3. The normalized spacial score (nSPS) is 11.7. The maximum Gasteiger partial charge on any atom is 0.165 e. The monoisotopic (exact) mass is 408 g/mol.